The zero-order chi connectivity index (χ0) is 14.1. The van der Waals surface area contributed by atoms with Gasteiger partial charge in [-0.3, -0.25) is 4.79 Å². The molecule has 2 aliphatic rings. The molecule has 2 heteroatoms. The van der Waals surface area contributed by atoms with Crippen molar-refractivity contribution >= 4 is 5.78 Å². The van der Waals surface area contributed by atoms with Crippen molar-refractivity contribution in [1.29, 1.82) is 0 Å². The Kier molecular flexibility index (Phi) is 4.64. The third-order valence-corrected chi connectivity index (χ3v) is 5.03. The fourth-order valence-corrected chi connectivity index (χ4v) is 3.45. The molecule has 0 saturated heterocycles. The summed E-state index contributed by atoms with van der Waals surface area (Å²) in [5, 5.41) is 0. The van der Waals surface area contributed by atoms with Crippen molar-refractivity contribution in [2.24, 2.45) is 16.7 Å². The summed E-state index contributed by atoms with van der Waals surface area (Å²) in [7, 11) is 0. The highest BCUT2D eigenvalue weighted by Crippen LogP contribution is 2.63. The first-order valence-corrected chi connectivity index (χ1v) is 7.30. The SMILES string of the molecule is CC(C)OC(C)C.CC12CCC(CC1=O)C2(C)C. The lowest BCUT2D eigenvalue weighted by Crippen LogP contribution is -2.32. The average Bonchev–Trinajstić information content (AvgIpc) is 2.49. The summed E-state index contributed by atoms with van der Waals surface area (Å²) >= 11 is 0. The minimum absolute atomic E-state index is 0.0255. The van der Waals surface area contributed by atoms with Gasteiger partial charge < -0.3 is 4.74 Å². The molecule has 106 valence electrons. The molecular formula is C16H30O2. The van der Waals surface area contributed by atoms with Crippen LogP contribution in [0.5, 0.6) is 0 Å². The molecule has 0 N–H and O–H groups in total. The molecule has 2 unspecified atom stereocenters. The number of hydrogen-bond acceptors (Lipinski definition) is 2. The monoisotopic (exact) mass is 254 g/mol. The van der Waals surface area contributed by atoms with Crippen molar-refractivity contribution in [1.82, 2.24) is 0 Å². The van der Waals surface area contributed by atoms with Gasteiger partial charge in [-0.2, -0.15) is 0 Å². The number of hydrogen-bond donors (Lipinski definition) is 0. The molecule has 2 aliphatic carbocycles. The smallest absolute Gasteiger partial charge is 0.139 e. The van der Waals surface area contributed by atoms with Crippen molar-refractivity contribution in [3.05, 3.63) is 0 Å². The lowest BCUT2D eigenvalue weighted by molar-refractivity contribution is -0.128. The van der Waals surface area contributed by atoms with E-state index in [-0.39, 0.29) is 10.8 Å². The highest BCUT2D eigenvalue weighted by Gasteiger charge is 2.61. The summed E-state index contributed by atoms with van der Waals surface area (Å²) in [6, 6.07) is 0. The second-order valence-electron chi connectivity index (χ2n) is 7.15. The van der Waals surface area contributed by atoms with Gasteiger partial charge >= 0.3 is 0 Å². The number of rotatable bonds is 2. The molecule has 0 amide bonds. The number of carbonyl (C=O) groups excluding carboxylic acids is 1. The van der Waals surface area contributed by atoms with Gasteiger partial charge in [0.25, 0.3) is 0 Å². The van der Waals surface area contributed by atoms with Gasteiger partial charge in [-0.05, 0) is 51.9 Å². The summed E-state index contributed by atoms with van der Waals surface area (Å²) in [4.78, 5) is 11.6. The molecule has 18 heavy (non-hydrogen) atoms. The van der Waals surface area contributed by atoms with E-state index < -0.39 is 0 Å². The van der Waals surface area contributed by atoms with Gasteiger partial charge in [-0.1, -0.05) is 20.8 Å². The zero-order valence-corrected chi connectivity index (χ0v) is 13.2. The fourth-order valence-electron chi connectivity index (χ4n) is 3.45. The molecule has 0 aromatic heterocycles. The van der Waals surface area contributed by atoms with Crippen molar-refractivity contribution in [2.45, 2.75) is 79.9 Å². The Morgan fingerprint density at radius 1 is 1.11 bits per heavy atom. The molecule has 2 rings (SSSR count). The minimum Gasteiger partial charge on any atom is -0.376 e. The highest BCUT2D eigenvalue weighted by molar-refractivity contribution is 5.89. The number of carbonyl (C=O) groups is 1. The van der Waals surface area contributed by atoms with Crippen LogP contribution >= 0.6 is 0 Å². The van der Waals surface area contributed by atoms with Crippen molar-refractivity contribution in [3.63, 3.8) is 0 Å². The maximum absolute atomic E-state index is 11.6. The molecule has 0 aromatic rings. The van der Waals surface area contributed by atoms with Crippen LogP contribution in [0.1, 0.15) is 67.7 Å². The summed E-state index contributed by atoms with van der Waals surface area (Å²) in [5.41, 5.74) is 0.307. The van der Waals surface area contributed by atoms with Crippen LogP contribution in [0.25, 0.3) is 0 Å². The molecule has 0 heterocycles. The number of fused-ring (bicyclic) bond motifs is 2. The first kappa shape index (κ1) is 15.7. The van der Waals surface area contributed by atoms with Crippen LogP contribution in [0.3, 0.4) is 0 Å². The van der Waals surface area contributed by atoms with E-state index in [1.165, 1.54) is 6.42 Å². The summed E-state index contributed by atoms with van der Waals surface area (Å²) in [5.74, 6) is 1.19. The first-order valence-electron chi connectivity index (χ1n) is 7.30. The second kappa shape index (κ2) is 5.32. The normalized spacial score (nSPS) is 32.9. The predicted octanol–water partition coefficient (Wildman–Crippen LogP) is 4.22. The standard InChI is InChI=1S/C10H16O.C6H14O/c1-9(2)7-4-5-10(9,3)8(11)6-7;1-5(2)7-6(3)4/h7H,4-6H2,1-3H3;5-6H,1-4H3. The van der Waals surface area contributed by atoms with Gasteiger partial charge in [0.15, 0.2) is 0 Å². The van der Waals surface area contributed by atoms with Crippen LogP contribution in [-0.2, 0) is 9.53 Å². The maximum Gasteiger partial charge on any atom is 0.139 e. The number of Topliss-reactive ketones (excluding diaryl/α,β-unsaturated/α-hetero) is 1. The first-order chi connectivity index (χ1) is 8.11. The number of ketones is 1. The molecule has 0 aromatic carbocycles. The van der Waals surface area contributed by atoms with E-state index in [2.05, 4.69) is 20.8 Å². The Morgan fingerprint density at radius 3 is 1.72 bits per heavy atom. The topological polar surface area (TPSA) is 26.3 Å². The largest absolute Gasteiger partial charge is 0.376 e. The van der Waals surface area contributed by atoms with Crippen LogP contribution in [0.4, 0.5) is 0 Å². The van der Waals surface area contributed by atoms with E-state index in [1.807, 2.05) is 27.7 Å². The Morgan fingerprint density at radius 2 is 1.61 bits per heavy atom. The predicted molar refractivity (Wildman–Crippen MR) is 75.6 cm³/mol. The lowest BCUT2D eigenvalue weighted by Gasteiger charge is -2.32. The lowest BCUT2D eigenvalue weighted by atomic mass is 9.70. The van der Waals surface area contributed by atoms with Gasteiger partial charge in [-0.15, -0.1) is 0 Å². The van der Waals surface area contributed by atoms with Gasteiger partial charge in [0.1, 0.15) is 5.78 Å². The zero-order valence-electron chi connectivity index (χ0n) is 13.2. The van der Waals surface area contributed by atoms with E-state index in [1.54, 1.807) is 0 Å². The van der Waals surface area contributed by atoms with E-state index >= 15 is 0 Å². The average molecular weight is 254 g/mol. The number of ether oxygens (including phenoxy) is 1. The van der Waals surface area contributed by atoms with E-state index in [4.69, 9.17) is 4.74 Å². The van der Waals surface area contributed by atoms with E-state index in [0.29, 0.717) is 23.9 Å². The van der Waals surface area contributed by atoms with Gasteiger partial charge in [0.05, 0.1) is 12.2 Å². The van der Waals surface area contributed by atoms with Crippen LogP contribution in [0.2, 0.25) is 0 Å². The van der Waals surface area contributed by atoms with Crippen molar-refractivity contribution < 1.29 is 9.53 Å². The van der Waals surface area contributed by atoms with Crippen LogP contribution in [0, 0.1) is 16.7 Å². The van der Waals surface area contributed by atoms with E-state index in [0.717, 1.165) is 12.8 Å². The molecule has 2 nitrogen and oxygen atoms in total. The minimum atomic E-state index is 0.0255. The van der Waals surface area contributed by atoms with E-state index in [9.17, 15) is 4.79 Å². The Balaban J connectivity index is 0.000000203. The molecule has 2 fully saturated rings. The van der Waals surface area contributed by atoms with Gasteiger partial charge in [0, 0.05) is 11.8 Å². The van der Waals surface area contributed by atoms with Crippen molar-refractivity contribution in [2.75, 3.05) is 0 Å². The molecule has 2 bridgehead atoms. The van der Waals surface area contributed by atoms with Crippen LogP contribution < -0.4 is 0 Å². The fraction of sp³-hybridized carbons (Fsp3) is 0.938. The molecule has 0 spiro atoms. The Hall–Kier alpha value is -0.370. The maximum atomic E-state index is 11.6. The quantitative estimate of drug-likeness (QED) is 0.737. The van der Waals surface area contributed by atoms with Crippen molar-refractivity contribution in [3.8, 4) is 0 Å². The molecule has 0 radical (unpaired) electrons. The van der Waals surface area contributed by atoms with Gasteiger partial charge in [0.2, 0.25) is 0 Å². The summed E-state index contributed by atoms with van der Waals surface area (Å²) in [6.07, 6.45) is 4.00. The Bertz CT molecular complexity index is 298. The third kappa shape index (κ3) is 2.79. The molecular weight excluding hydrogens is 224 g/mol. The summed E-state index contributed by atoms with van der Waals surface area (Å²) < 4.78 is 5.25. The van der Waals surface area contributed by atoms with Crippen LogP contribution in [0.15, 0.2) is 0 Å². The highest BCUT2D eigenvalue weighted by atomic mass is 16.5. The molecule has 2 saturated carbocycles. The Labute approximate surface area is 112 Å². The van der Waals surface area contributed by atoms with Gasteiger partial charge in [-0.25, -0.2) is 0 Å². The second-order valence-corrected chi connectivity index (χ2v) is 7.15. The summed E-state index contributed by atoms with van der Waals surface area (Å²) in [6.45, 7) is 14.8. The van der Waals surface area contributed by atoms with Crippen LogP contribution in [-0.4, -0.2) is 18.0 Å². The third-order valence-electron chi connectivity index (χ3n) is 5.03. The molecule has 0 aliphatic heterocycles. The molecule has 2 atom stereocenters.